The molecule has 0 fully saturated rings. The van der Waals surface area contributed by atoms with Gasteiger partial charge in [0.2, 0.25) is 0 Å². The van der Waals surface area contributed by atoms with Gasteiger partial charge in [-0.15, -0.1) is 23.1 Å². The monoisotopic (exact) mass is 288 g/mol. The van der Waals surface area contributed by atoms with Crippen molar-refractivity contribution in [3.63, 3.8) is 0 Å². The quantitative estimate of drug-likeness (QED) is 0.790. The lowest BCUT2D eigenvalue weighted by Crippen LogP contribution is -2.23. The largest absolute Gasteiger partial charge is 0.487 e. The minimum atomic E-state index is -0.117. The molecule has 0 aliphatic carbocycles. The number of amides is 1. The average Bonchev–Trinajstić information content (AvgIpc) is 2.63. The standard InChI is InChI=1S/C12H20N2O2S2/c1-5-6-14-11(15)10-8(13)9(16-7(2)3)12(17-4)18-10/h7H,5-6,13H2,1-4H3,(H,14,15). The first-order valence-corrected chi connectivity index (χ1v) is 7.96. The number of thiophene rings is 1. The number of rotatable bonds is 6. The molecule has 3 N–H and O–H groups in total. The molecule has 1 amide bonds. The zero-order chi connectivity index (χ0) is 13.7. The number of hydrogen-bond acceptors (Lipinski definition) is 5. The predicted molar refractivity (Wildman–Crippen MR) is 78.9 cm³/mol. The van der Waals surface area contributed by atoms with Gasteiger partial charge in [-0.3, -0.25) is 4.79 Å². The van der Waals surface area contributed by atoms with Crippen molar-refractivity contribution in [2.45, 2.75) is 37.5 Å². The third-order valence-electron chi connectivity index (χ3n) is 2.15. The van der Waals surface area contributed by atoms with Gasteiger partial charge in [0.15, 0.2) is 5.75 Å². The Balaban J connectivity index is 3.00. The molecule has 0 bridgehead atoms. The Bertz CT molecular complexity index is 416. The van der Waals surface area contributed by atoms with Crippen molar-refractivity contribution in [2.24, 2.45) is 0 Å². The number of hydrogen-bond donors (Lipinski definition) is 2. The molecule has 0 atom stereocenters. The van der Waals surface area contributed by atoms with Crippen LogP contribution in [0.2, 0.25) is 0 Å². The van der Waals surface area contributed by atoms with Crippen LogP contribution in [0.15, 0.2) is 4.21 Å². The molecule has 102 valence electrons. The van der Waals surface area contributed by atoms with E-state index in [-0.39, 0.29) is 12.0 Å². The van der Waals surface area contributed by atoms with Gasteiger partial charge in [-0.25, -0.2) is 0 Å². The molecule has 1 rings (SSSR count). The molecule has 6 heteroatoms. The molecular weight excluding hydrogens is 268 g/mol. The molecule has 1 aromatic heterocycles. The first-order chi connectivity index (χ1) is 8.51. The fraction of sp³-hybridized carbons (Fsp3) is 0.583. The van der Waals surface area contributed by atoms with Gasteiger partial charge in [0, 0.05) is 6.54 Å². The van der Waals surface area contributed by atoms with Gasteiger partial charge in [-0.2, -0.15) is 0 Å². The van der Waals surface area contributed by atoms with Gasteiger partial charge in [-0.1, -0.05) is 6.92 Å². The molecule has 0 unspecified atom stereocenters. The summed E-state index contributed by atoms with van der Waals surface area (Å²) < 4.78 is 6.63. The first-order valence-electron chi connectivity index (χ1n) is 5.92. The van der Waals surface area contributed by atoms with E-state index in [1.54, 1.807) is 11.8 Å². The van der Waals surface area contributed by atoms with Crippen LogP contribution < -0.4 is 15.8 Å². The topological polar surface area (TPSA) is 64.3 Å². The van der Waals surface area contributed by atoms with Crippen LogP contribution in [-0.4, -0.2) is 24.8 Å². The molecule has 4 nitrogen and oxygen atoms in total. The zero-order valence-corrected chi connectivity index (χ0v) is 12.8. The van der Waals surface area contributed by atoms with E-state index >= 15 is 0 Å². The number of carbonyl (C=O) groups is 1. The summed E-state index contributed by atoms with van der Waals surface area (Å²) in [5.41, 5.74) is 6.46. The molecule has 0 aliphatic heterocycles. The highest BCUT2D eigenvalue weighted by Gasteiger charge is 2.22. The number of ether oxygens (including phenoxy) is 1. The van der Waals surface area contributed by atoms with E-state index in [0.29, 0.717) is 22.9 Å². The van der Waals surface area contributed by atoms with E-state index < -0.39 is 0 Å². The number of carbonyl (C=O) groups excluding carboxylic acids is 1. The number of nitrogens with one attached hydrogen (secondary N) is 1. The fourth-order valence-electron chi connectivity index (χ4n) is 1.38. The second kappa shape index (κ2) is 6.89. The van der Waals surface area contributed by atoms with E-state index in [2.05, 4.69) is 5.32 Å². The van der Waals surface area contributed by atoms with Crippen molar-refractivity contribution >= 4 is 34.7 Å². The van der Waals surface area contributed by atoms with Gasteiger partial charge >= 0.3 is 0 Å². The lowest BCUT2D eigenvalue weighted by Gasteiger charge is -2.10. The van der Waals surface area contributed by atoms with Crippen molar-refractivity contribution < 1.29 is 9.53 Å². The van der Waals surface area contributed by atoms with E-state index in [4.69, 9.17) is 10.5 Å². The normalized spacial score (nSPS) is 10.7. The van der Waals surface area contributed by atoms with Crippen LogP contribution in [0.4, 0.5) is 5.69 Å². The highest BCUT2D eigenvalue weighted by Crippen LogP contribution is 2.43. The molecule has 0 aromatic carbocycles. The second-order valence-corrected chi connectivity index (χ2v) is 6.18. The lowest BCUT2D eigenvalue weighted by molar-refractivity contribution is 0.0958. The van der Waals surface area contributed by atoms with Crippen LogP contribution in [0.3, 0.4) is 0 Å². The van der Waals surface area contributed by atoms with E-state index in [0.717, 1.165) is 10.6 Å². The van der Waals surface area contributed by atoms with Crippen LogP contribution in [-0.2, 0) is 0 Å². The number of anilines is 1. The zero-order valence-electron chi connectivity index (χ0n) is 11.2. The first kappa shape index (κ1) is 15.2. The summed E-state index contributed by atoms with van der Waals surface area (Å²) in [5, 5.41) is 2.83. The molecule has 1 heterocycles. The highest BCUT2D eigenvalue weighted by atomic mass is 32.2. The molecular formula is C12H20N2O2S2. The van der Waals surface area contributed by atoms with Crippen molar-refractivity contribution in [3.8, 4) is 5.75 Å². The maximum Gasteiger partial charge on any atom is 0.263 e. The third kappa shape index (κ3) is 3.55. The summed E-state index contributed by atoms with van der Waals surface area (Å²) >= 11 is 2.93. The van der Waals surface area contributed by atoms with Gasteiger partial charge < -0.3 is 15.8 Å². The van der Waals surface area contributed by atoms with Crippen LogP contribution in [0.1, 0.15) is 36.9 Å². The van der Waals surface area contributed by atoms with E-state index in [9.17, 15) is 4.79 Å². The van der Waals surface area contributed by atoms with Crippen LogP contribution in [0.25, 0.3) is 0 Å². The number of nitrogens with two attached hydrogens (primary N) is 1. The fourth-order valence-corrected chi connectivity index (χ4v) is 3.11. The van der Waals surface area contributed by atoms with Crippen molar-refractivity contribution in [1.82, 2.24) is 5.32 Å². The summed E-state index contributed by atoms with van der Waals surface area (Å²) in [6.45, 7) is 6.56. The van der Waals surface area contributed by atoms with Gasteiger partial charge in [-0.05, 0) is 26.5 Å². The Kier molecular flexibility index (Phi) is 5.81. The van der Waals surface area contributed by atoms with Crippen molar-refractivity contribution in [1.29, 1.82) is 0 Å². The van der Waals surface area contributed by atoms with Crippen molar-refractivity contribution in [2.75, 3.05) is 18.5 Å². The van der Waals surface area contributed by atoms with Crippen LogP contribution in [0.5, 0.6) is 5.75 Å². The van der Waals surface area contributed by atoms with Gasteiger partial charge in [0.05, 0.1) is 11.8 Å². The molecule has 0 aliphatic rings. The van der Waals surface area contributed by atoms with Crippen LogP contribution in [0, 0.1) is 0 Å². The molecule has 1 aromatic rings. The molecule has 0 spiro atoms. The minimum absolute atomic E-state index is 0.0411. The summed E-state index contributed by atoms with van der Waals surface area (Å²) in [7, 11) is 0. The smallest absolute Gasteiger partial charge is 0.263 e. The van der Waals surface area contributed by atoms with E-state index in [1.807, 2.05) is 27.0 Å². The minimum Gasteiger partial charge on any atom is -0.487 e. The molecule has 0 saturated heterocycles. The third-order valence-corrected chi connectivity index (χ3v) is 4.44. The van der Waals surface area contributed by atoms with Crippen LogP contribution >= 0.6 is 23.1 Å². The number of thioether (sulfide) groups is 1. The lowest BCUT2D eigenvalue weighted by atomic mass is 10.3. The maximum atomic E-state index is 11.9. The number of nitrogen functional groups attached to an aromatic ring is 1. The Morgan fingerprint density at radius 2 is 2.22 bits per heavy atom. The Morgan fingerprint density at radius 3 is 2.72 bits per heavy atom. The summed E-state index contributed by atoms with van der Waals surface area (Å²) in [5.74, 6) is 0.525. The molecule has 18 heavy (non-hydrogen) atoms. The Hall–Kier alpha value is -0.880. The molecule has 0 radical (unpaired) electrons. The Morgan fingerprint density at radius 1 is 1.56 bits per heavy atom. The summed E-state index contributed by atoms with van der Waals surface area (Å²) in [4.78, 5) is 12.5. The van der Waals surface area contributed by atoms with Crippen molar-refractivity contribution in [3.05, 3.63) is 4.88 Å². The SMILES string of the molecule is CCCNC(=O)c1sc(SC)c(OC(C)C)c1N. The Labute approximate surface area is 116 Å². The predicted octanol–water partition coefficient (Wildman–Crippen LogP) is 2.98. The van der Waals surface area contributed by atoms with E-state index in [1.165, 1.54) is 11.3 Å². The molecule has 0 saturated carbocycles. The summed E-state index contributed by atoms with van der Waals surface area (Å²) in [6.07, 6.45) is 2.90. The average molecular weight is 288 g/mol. The van der Waals surface area contributed by atoms with Gasteiger partial charge in [0.1, 0.15) is 9.09 Å². The summed E-state index contributed by atoms with van der Waals surface area (Å²) in [6, 6.07) is 0. The van der Waals surface area contributed by atoms with Gasteiger partial charge in [0.25, 0.3) is 5.91 Å². The maximum absolute atomic E-state index is 11.9. The second-order valence-electron chi connectivity index (χ2n) is 4.09. The highest BCUT2D eigenvalue weighted by molar-refractivity contribution is 8.00.